The van der Waals surface area contributed by atoms with Gasteiger partial charge >= 0.3 is 0 Å². The number of amides is 1. The lowest BCUT2D eigenvalue weighted by Crippen LogP contribution is -2.30. The van der Waals surface area contributed by atoms with E-state index in [1.807, 2.05) is 30.3 Å². The molecule has 0 aliphatic rings. The molecule has 0 radical (unpaired) electrons. The van der Waals surface area contributed by atoms with Gasteiger partial charge in [0, 0.05) is 25.7 Å². The minimum Gasteiger partial charge on any atom is -0.352 e. The second-order valence-corrected chi connectivity index (χ2v) is 7.31. The molecule has 1 aromatic carbocycles. The Kier molecular flexibility index (Phi) is 6.30. The zero-order valence-electron chi connectivity index (χ0n) is 13.1. The van der Waals surface area contributed by atoms with Crippen molar-refractivity contribution in [3.63, 3.8) is 0 Å². The minimum absolute atomic E-state index is 0.00459. The molecule has 2 rings (SSSR count). The number of hydrogen-bond donors (Lipinski definition) is 2. The van der Waals surface area contributed by atoms with Crippen molar-refractivity contribution in [3.05, 3.63) is 58.9 Å². The van der Waals surface area contributed by atoms with Crippen molar-refractivity contribution in [2.45, 2.75) is 24.8 Å². The molecular weight excluding hydrogens is 350 g/mol. The van der Waals surface area contributed by atoms with Gasteiger partial charge in [0.2, 0.25) is 15.9 Å². The molecule has 0 spiro atoms. The largest absolute Gasteiger partial charge is 0.352 e. The van der Waals surface area contributed by atoms with Gasteiger partial charge in [-0.2, -0.15) is 0 Å². The summed E-state index contributed by atoms with van der Waals surface area (Å²) >= 11 is 5.78. The number of benzene rings is 1. The summed E-state index contributed by atoms with van der Waals surface area (Å²) in [6.07, 6.45) is 1.24. The zero-order valence-corrected chi connectivity index (χ0v) is 14.7. The number of hydrogen-bond acceptors (Lipinski definition) is 4. The molecule has 1 aromatic heterocycles. The van der Waals surface area contributed by atoms with Crippen LogP contribution in [0.25, 0.3) is 0 Å². The fraction of sp³-hybridized carbons (Fsp3) is 0.250. The van der Waals surface area contributed by atoms with E-state index >= 15 is 0 Å². The molecule has 0 unspecified atom stereocenters. The lowest BCUT2D eigenvalue weighted by atomic mass is 10.2. The molecule has 8 heteroatoms. The van der Waals surface area contributed by atoms with Crippen LogP contribution in [0, 0.1) is 6.92 Å². The second-order valence-electron chi connectivity index (χ2n) is 5.19. The molecule has 128 valence electrons. The molecule has 1 heterocycles. The van der Waals surface area contributed by atoms with Gasteiger partial charge in [-0.25, -0.2) is 18.1 Å². The zero-order chi connectivity index (χ0) is 17.6. The third-order valence-electron chi connectivity index (χ3n) is 3.28. The molecule has 24 heavy (non-hydrogen) atoms. The number of aromatic nitrogens is 1. The Morgan fingerprint density at radius 2 is 1.96 bits per heavy atom. The number of halogens is 1. The summed E-state index contributed by atoms with van der Waals surface area (Å²) in [6, 6.07) is 10.9. The van der Waals surface area contributed by atoms with Crippen LogP contribution in [0.1, 0.15) is 17.5 Å². The number of carbonyl (C=O) groups is 1. The highest BCUT2D eigenvalue weighted by Gasteiger charge is 2.15. The predicted octanol–water partition coefficient (Wildman–Crippen LogP) is 2.03. The maximum Gasteiger partial charge on any atom is 0.242 e. The normalized spacial score (nSPS) is 11.2. The molecule has 0 saturated carbocycles. The summed E-state index contributed by atoms with van der Waals surface area (Å²) in [5.41, 5.74) is 1.55. The van der Waals surface area contributed by atoms with Crippen LogP contribution in [0.5, 0.6) is 0 Å². The lowest BCUT2D eigenvalue weighted by Gasteiger charge is -2.08. The number of aryl methyl sites for hydroxylation is 1. The number of nitrogens with zero attached hydrogens (tertiary/aromatic N) is 1. The summed E-state index contributed by atoms with van der Waals surface area (Å²) in [5.74, 6) is -0.230. The van der Waals surface area contributed by atoms with Gasteiger partial charge < -0.3 is 5.32 Å². The smallest absolute Gasteiger partial charge is 0.242 e. The van der Waals surface area contributed by atoms with Gasteiger partial charge in [-0.15, -0.1) is 0 Å². The number of pyridine rings is 1. The highest BCUT2D eigenvalue weighted by Crippen LogP contribution is 2.16. The van der Waals surface area contributed by atoms with Crippen LogP contribution in [0.15, 0.2) is 47.5 Å². The molecule has 0 saturated heterocycles. The fourth-order valence-electron chi connectivity index (χ4n) is 1.95. The Hall–Kier alpha value is -1.96. The van der Waals surface area contributed by atoms with Gasteiger partial charge in [-0.3, -0.25) is 4.79 Å². The fourth-order valence-corrected chi connectivity index (χ4v) is 3.11. The topological polar surface area (TPSA) is 88.2 Å². The summed E-state index contributed by atoms with van der Waals surface area (Å²) < 4.78 is 26.6. The van der Waals surface area contributed by atoms with Crippen molar-refractivity contribution in [2.75, 3.05) is 6.54 Å². The number of rotatable bonds is 7. The quantitative estimate of drug-likeness (QED) is 0.733. The molecule has 0 aliphatic heterocycles. The molecule has 0 fully saturated rings. The maximum atomic E-state index is 12.1. The summed E-state index contributed by atoms with van der Waals surface area (Å²) in [5, 5.41) is 3.00. The van der Waals surface area contributed by atoms with E-state index in [2.05, 4.69) is 15.0 Å². The minimum atomic E-state index is -3.71. The van der Waals surface area contributed by atoms with E-state index < -0.39 is 10.0 Å². The standard InChI is InChI=1S/C16H18ClN3O3S/c1-12-9-14(11-19-16(12)17)24(22,23)20-8-7-15(21)18-10-13-5-3-2-4-6-13/h2-6,9,11,20H,7-8,10H2,1H3,(H,18,21). The third kappa shape index (κ3) is 5.30. The van der Waals surface area contributed by atoms with Gasteiger partial charge in [0.05, 0.1) is 0 Å². The Balaban J connectivity index is 1.82. The molecule has 6 nitrogen and oxygen atoms in total. The maximum absolute atomic E-state index is 12.1. The van der Waals surface area contributed by atoms with Crippen LogP contribution >= 0.6 is 11.6 Å². The summed E-state index contributed by atoms with van der Waals surface area (Å²) in [6.45, 7) is 2.09. The third-order valence-corrected chi connectivity index (χ3v) is 5.10. The first-order valence-corrected chi connectivity index (χ1v) is 9.17. The van der Waals surface area contributed by atoms with E-state index in [0.29, 0.717) is 12.1 Å². The first-order valence-electron chi connectivity index (χ1n) is 7.31. The number of sulfonamides is 1. The highest BCUT2D eigenvalue weighted by molar-refractivity contribution is 7.89. The first kappa shape index (κ1) is 18.4. The lowest BCUT2D eigenvalue weighted by molar-refractivity contribution is -0.121. The van der Waals surface area contributed by atoms with Gasteiger partial charge in [-0.1, -0.05) is 41.9 Å². The van der Waals surface area contributed by atoms with E-state index in [-0.39, 0.29) is 28.9 Å². The average molecular weight is 368 g/mol. The Morgan fingerprint density at radius 3 is 2.62 bits per heavy atom. The van der Waals surface area contributed by atoms with Crippen LogP contribution in [-0.2, 0) is 21.4 Å². The molecule has 0 aliphatic carbocycles. The van der Waals surface area contributed by atoms with Crippen LogP contribution in [0.2, 0.25) is 5.15 Å². The van der Waals surface area contributed by atoms with Crippen LogP contribution in [0.3, 0.4) is 0 Å². The van der Waals surface area contributed by atoms with E-state index in [1.165, 1.54) is 12.3 Å². The average Bonchev–Trinajstić information content (AvgIpc) is 2.56. The van der Waals surface area contributed by atoms with E-state index in [9.17, 15) is 13.2 Å². The van der Waals surface area contributed by atoms with E-state index in [4.69, 9.17) is 11.6 Å². The summed E-state index contributed by atoms with van der Waals surface area (Å²) in [7, 11) is -3.71. The molecule has 1 amide bonds. The predicted molar refractivity (Wildman–Crippen MR) is 92.1 cm³/mol. The van der Waals surface area contributed by atoms with Crippen LogP contribution in [0.4, 0.5) is 0 Å². The van der Waals surface area contributed by atoms with E-state index in [1.54, 1.807) is 6.92 Å². The molecule has 2 N–H and O–H groups in total. The van der Waals surface area contributed by atoms with Crippen molar-refractivity contribution in [3.8, 4) is 0 Å². The Morgan fingerprint density at radius 1 is 1.25 bits per heavy atom. The monoisotopic (exact) mass is 367 g/mol. The van der Waals surface area contributed by atoms with Crippen molar-refractivity contribution in [2.24, 2.45) is 0 Å². The van der Waals surface area contributed by atoms with Gasteiger partial charge in [0.1, 0.15) is 10.0 Å². The van der Waals surface area contributed by atoms with Crippen molar-refractivity contribution in [1.82, 2.24) is 15.0 Å². The summed E-state index contributed by atoms with van der Waals surface area (Å²) in [4.78, 5) is 15.6. The number of nitrogens with one attached hydrogen (secondary N) is 2. The van der Waals surface area contributed by atoms with Crippen molar-refractivity contribution < 1.29 is 13.2 Å². The molecule has 0 atom stereocenters. The van der Waals surface area contributed by atoms with E-state index in [0.717, 1.165) is 5.56 Å². The SMILES string of the molecule is Cc1cc(S(=O)(=O)NCCC(=O)NCc2ccccc2)cnc1Cl. The van der Waals surface area contributed by atoms with Gasteiger partial charge in [0.25, 0.3) is 0 Å². The van der Waals surface area contributed by atoms with Crippen molar-refractivity contribution in [1.29, 1.82) is 0 Å². The van der Waals surface area contributed by atoms with Crippen LogP contribution < -0.4 is 10.0 Å². The molecule has 0 bridgehead atoms. The van der Waals surface area contributed by atoms with Crippen molar-refractivity contribution >= 4 is 27.5 Å². The van der Waals surface area contributed by atoms with Gasteiger partial charge in [0.15, 0.2) is 0 Å². The number of carbonyl (C=O) groups excluding carboxylic acids is 1. The second kappa shape index (κ2) is 8.23. The van der Waals surface area contributed by atoms with Gasteiger partial charge in [-0.05, 0) is 24.1 Å². The first-order chi connectivity index (χ1) is 11.4. The Labute approximate surface area is 146 Å². The molecular formula is C16H18ClN3O3S. The van der Waals surface area contributed by atoms with Crippen LogP contribution in [-0.4, -0.2) is 25.9 Å². The molecule has 2 aromatic rings. The Bertz CT molecular complexity index is 811. The highest BCUT2D eigenvalue weighted by atomic mass is 35.5.